The summed E-state index contributed by atoms with van der Waals surface area (Å²) in [6.45, 7) is 2.29. The van der Waals surface area contributed by atoms with Crippen LogP contribution in [0, 0.1) is 0 Å². The molecule has 150 valence electrons. The second kappa shape index (κ2) is 11.3. The molecule has 0 bridgehead atoms. The van der Waals surface area contributed by atoms with Gasteiger partial charge in [-0.25, -0.2) is 0 Å². The molecule has 1 rings (SSSR count). The van der Waals surface area contributed by atoms with E-state index in [1.807, 2.05) is 0 Å². The van der Waals surface area contributed by atoms with Gasteiger partial charge in [-0.2, -0.15) is 8.78 Å². The first-order valence-electron chi connectivity index (χ1n) is 9.55. The molecule has 2 unspecified atom stereocenters. The number of carboxylic acid groups (broad SMARTS) is 1. The molecule has 0 spiro atoms. The molecule has 1 saturated heterocycles. The molecular weight excluding hydrogens is 344 g/mol. The summed E-state index contributed by atoms with van der Waals surface area (Å²) >= 11 is 0. The van der Waals surface area contributed by atoms with Gasteiger partial charge in [-0.15, -0.1) is 0 Å². The van der Waals surface area contributed by atoms with Crippen LogP contribution in [0.15, 0.2) is 12.2 Å². The number of likely N-dealkylation sites (tertiary alicyclic amines) is 1. The zero-order valence-electron chi connectivity index (χ0n) is 15.5. The third kappa shape index (κ3) is 7.81. The number of nitrogens with zero attached hydrogens (tertiary/aromatic N) is 1. The number of aliphatic carboxylic acids is 1. The van der Waals surface area contributed by atoms with Gasteiger partial charge in [0.15, 0.2) is 0 Å². The normalized spacial score (nSPS) is 20.8. The van der Waals surface area contributed by atoms with E-state index in [1.165, 1.54) is 17.1 Å². The van der Waals surface area contributed by atoms with Gasteiger partial charge in [0, 0.05) is 19.4 Å². The maximum absolute atomic E-state index is 13.8. The number of carbonyl (C=O) groups is 2. The molecule has 1 heterocycles. The van der Waals surface area contributed by atoms with Crippen LogP contribution >= 0.6 is 0 Å². The number of alkyl halides is 2. The van der Waals surface area contributed by atoms with Crippen molar-refractivity contribution in [3.63, 3.8) is 0 Å². The summed E-state index contributed by atoms with van der Waals surface area (Å²) in [5.74, 6) is -5.36. The predicted molar refractivity (Wildman–Crippen MR) is 95.1 cm³/mol. The first-order chi connectivity index (χ1) is 12.3. The highest BCUT2D eigenvalue weighted by atomic mass is 19.3. The van der Waals surface area contributed by atoms with Crippen LogP contribution in [0.2, 0.25) is 0 Å². The zero-order valence-corrected chi connectivity index (χ0v) is 15.5. The van der Waals surface area contributed by atoms with Gasteiger partial charge in [0.25, 0.3) is 5.91 Å². The molecule has 1 amide bonds. The summed E-state index contributed by atoms with van der Waals surface area (Å²) in [7, 11) is 0. The molecule has 1 aliphatic heterocycles. The lowest BCUT2D eigenvalue weighted by Gasteiger charge is -2.22. The molecule has 7 heteroatoms. The van der Waals surface area contributed by atoms with Gasteiger partial charge in [0.1, 0.15) is 0 Å². The molecule has 5 nitrogen and oxygen atoms in total. The van der Waals surface area contributed by atoms with E-state index in [-0.39, 0.29) is 13.0 Å². The minimum atomic E-state index is -3.36. The highest BCUT2D eigenvalue weighted by Crippen LogP contribution is 2.34. The summed E-state index contributed by atoms with van der Waals surface area (Å²) in [6.07, 6.45) is 7.94. The summed E-state index contributed by atoms with van der Waals surface area (Å²) in [6, 6.07) is -0.697. The standard InChI is InChI=1S/C19H31F2NO4/c1-2-3-6-9-16(23)12-11-15-14-19(20,21)18(26)22(15)13-8-5-4-7-10-17(24)25/h11-12,15-16,23H,2-10,13-14H2,1H3,(H,24,25). The van der Waals surface area contributed by atoms with Gasteiger partial charge >= 0.3 is 11.9 Å². The van der Waals surface area contributed by atoms with Crippen LogP contribution in [-0.4, -0.2) is 51.6 Å². The topological polar surface area (TPSA) is 77.8 Å². The zero-order chi connectivity index (χ0) is 19.6. The Kier molecular flexibility index (Phi) is 9.76. The van der Waals surface area contributed by atoms with Gasteiger partial charge in [0.05, 0.1) is 12.1 Å². The number of halogens is 2. The fraction of sp³-hybridized carbons (Fsp3) is 0.789. The number of rotatable bonds is 13. The largest absolute Gasteiger partial charge is 0.481 e. The van der Waals surface area contributed by atoms with Crippen LogP contribution in [0.1, 0.15) is 71.1 Å². The van der Waals surface area contributed by atoms with Crippen molar-refractivity contribution in [2.75, 3.05) is 6.54 Å². The van der Waals surface area contributed by atoms with E-state index in [4.69, 9.17) is 5.11 Å². The Hall–Kier alpha value is -1.50. The number of carboxylic acids is 1. The van der Waals surface area contributed by atoms with E-state index < -0.39 is 36.4 Å². The van der Waals surface area contributed by atoms with Gasteiger partial charge < -0.3 is 15.1 Å². The number of carbonyl (C=O) groups excluding carboxylic acids is 1. The average Bonchev–Trinajstić information content (AvgIpc) is 2.78. The fourth-order valence-electron chi connectivity index (χ4n) is 3.13. The lowest BCUT2D eigenvalue weighted by Crippen LogP contribution is -2.36. The minimum Gasteiger partial charge on any atom is -0.481 e. The Bertz CT molecular complexity index is 482. The predicted octanol–water partition coefficient (Wildman–Crippen LogP) is 3.76. The summed E-state index contributed by atoms with van der Waals surface area (Å²) < 4.78 is 27.6. The van der Waals surface area contributed by atoms with Crippen LogP contribution in [0.3, 0.4) is 0 Å². The van der Waals surface area contributed by atoms with E-state index in [9.17, 15) is 23.5 Å². The molecule has 0 saturated carbocycles. The van der Waals surface area contributed by atoms with Crippen LogP contribution < -0.4 is 0 Å². The highest BCUT2D eigenvalue weighted by molar-refractivity contribution is 5.86. The minimum absolute atomic E-state index is 0.0992. The van der Waals surface area contributed by atoms with Crippen molar-refractivity contribution in [3.8, 4) is 0 Å². The Morgan fingerprint density at radius 3 is 2.62 bits per heavy atom. The van der Waals surface area contributed by atoms with E-state index in [0.29, 0.717) is 32.1 Å². The molecular formula is C19H31F2NO4. The second-order valence-corrected chi connectivity index (χ2v) is 6.98. The first-order valence-corrected chi connectivity index (χ1v) is 9.55. The maximum Gasteiger partial charge on any atom is 0.327 e. The number of amides is 1. The molecule has 26 heavy (non-hydrogen) atoms. The van der Waals surface area contributed by atoms with E-state index in [0.717, 1.165) is 19.3 Å². The molecule has 0 aromatic heterocycles. The van der Waals surface area contributed by atoms with E-state index in [1.54, 1.807) is 0 Å². The molecule has 0 aromatic carbocycles. The Morgan fingerprint density at radius 2 is 1.96 bits per heavy atom. The summed E-state index contributed by atoms with van der Waals surface area (Å²) in [5.41, 5.74) is 0. The summed E-state index contributed by atoms with van der Waals surface area (Å²) in [5, 5.41) is 18.5. The van der Waals surface area contributed by atoms with Gasteiger partial charge in [-0.1, -0.05) is 51.2 Å². The van der Waals surface area contributed by atoms with Crippen LogP contribution in [-0.2, 0) is 9.59 Å². The number of hydrogen-bond acceptors (Lipinski definition) is 3. The number of hydrogen-bond donors (Lipinski definition) is 2. The van der Waals surface area contributed by atoms with Crippen molar-refractivity contribution < 1.29 is 28.6 Å². The lowest BCUT2D eigenvalue weighted by molar-refractivity contribution is -0.148. The van der Waals surface area contributed by atoms with E-state index >= 15 is 0 Å². The molecule has 2 N–H and O–H groups in total. The van der Waals surface area contributed by atoms with Crippen molar-refractivity contribution in [2.24, 2.45) is 0 Å². The fourth-order valence-corrected chi connectivity index (χ4v) is 3.13. The SMILES string of the molecule is CCCCCC(O)C=CC1CC(F)(F)C(=O)N1CCCCCCC(=O)O. The first kappa shape index (κ1) is 22.5. The van der Waals surface area contributed by atoms with Gasteiger partial charge in [0.2, 0.25) is 0 Å². The van der Waals surface area contributed by atoms with Gasteiger partial charge in [-0.05, 0) is 19.3 Å². The molecule has 2 atom stereocenters. The number of unbranched alkanes of at least 4 members (excludes halogenated alkanes) is 5. The quantitative estimate of drug-likeness (QED) is 0.380. The molecule has 0 aliphatic carbocycles. The van der Waals surface area contributed by atoms with E-state index in [2.05, 4.69) is 6.92 Å². The van der Waals surface area contributed by atoms with Crippen LogP contribution in [0.5, 0.6) is 0 Å². The molecule has 1 aliphatic rings. The van der Waals surface area contributed by atoms with Gasteiger partial charge in [-0.3, -0.25) is 9.59 Å². The van der Waals surface area contributed by atoms with Crippen LogP contribution in [0.25, 0.3) is 0 Å². The number of aliphatic hydroxyl groups excluding tert-OH is 1. The second-order valence-electron chi connectivity index (χ2n) is 6.98. The Labute approximate surface area is 154 Å². The summed E-state index contributed by atoms with van der Waals surface area (Å²) in [4.78, 5) is 23.5. The monoisotopic (exact) mass is 375 g/mol. The maximum atomic E-state index is 13.8. The van der Waals surface area contributed by atoms with Crippen LogP contribution in [0.4, 0.5) is 8.78 Å². The molecule has 1 fully saturated rings. The Morgan fingerprint density at radius 1 is 1.27 bits per heavy atom. The Balaban J connectivity index is 2.48. The van der Waals surface area contributed by atoms with Crippen molar-refractivity contribution >= 4 is 11.9 Å². The smallest absolute Gasteiger partial charge is 0.327 e. The third-order valence-corrected chi connectivity index (χ3v) is 4.64. The molecule has 0 radical (unpaired) electrons. The lowest BCUT2D eigenvalue weighted by atomic mass is 10.1. The average molecular weight is 375 g/mol. The van der Waals surface area contributed by atoms with Crippen molar-refractivity contribution in [3.05, 3.63) is 12.2 Å². The highest BCUT2D eigenvalue weighted by Gasteiger charge is 2.52. The molecule has 0 aromatic rings. The van der Waals surface area contributed by atoms with Crippen molar-refractivity contribution in [1.82, 2.24) is 4.90 Å². The number of aliphatic hydroxyl groups is 1. The van der Waals surface area contributed by atoms with Crippen molar-refractivity contribution in [2.45, 2.75) is 89.2 Å². The van der Waals surface area contributed by atoms with Crippen molar-refractivity contribution in [1.29, 1.82) is 0 Å². The third-order valence-electron chi connectivity index (χ3n) is 4.64.